The molecule has 3 aliphatic rings. The van der Waals surface area contributed by atoms with Gasteiger partial charge in [0.25, 0.3) is 0 Å². The van der Waals surface area contributed by atoms with Crippen molar-refractivity contribution < 1.29 is 23.9 Å². The molecule has 2 aliphatic heterocycles. The molecule has 1 spiro atoms. The van der Waals surface area contributed by atoms with Gasteiger partial charge in [-0.25, -0.2) is 0 Å². The van der Waals surface area contributed by atoms with Gasteiger partial charge >= 0.3 is 5.97 Å². The van der Waals surface area contributed by atoms with E-state index >= 15 is 0 Å². The predicted molar refractivity (Wildman–Crippen MR) is 99.8 cm³/mol. The molecule has 1 atom stereocenters. The van der Waals surface area contributed by atoms with Gasteiger partial charge in [0.2, 0.25) is 11.8 Å². The zero-order chi connectivity index (χ0) is 20.8. The van der Waals surface area contributed by atoms with Gasteiger partial charge in [-0.15, -0.1) is 0 Å². The summed E-state index contributed by atoms with van der Waals surface area (Å²) in [6.07, 6.45) is 1.25. The number of nitriles is 1. The summed E-state index contributed by atoms with van der Waals surface area (Å²) in [5.74, 6) is -1.29. The maximum atomic E-state index is 13.8. The van der Waals surface area contributed by atoms with Crippen molar-refractivity contribution in [1.29, 1.82) is 5.26 Å². The molecule has 1 amide bonds. The van der Waals surface area contributed by atoms with E-state index in [4.69, 9.17) is 15.2 Å². The lowest BCUT2D eigenvalue weighted by atomic mass is 9.65. The number of carbonyl (C=O) groups is 3. The van der Waals surface area contributed by atoms with E-state index in [9.17, 15) is 19.6 Å². The summed E-state index contributed by atoms with van der Waals surface area (Å²) in [5, 5.41) is 9.90. The van der Waals surface area contributed by atoms with Gasteiger partial charge in [0.05, 0.1) is 6.61 Å². The van der Waals surface area contributed by atoms with Crippen molar-refractivity contribution in [3.05, 3.63) is 52.6 Å². The maximum Gasteiger partial charge on any atom is 0.326 e. The summed E-state index contributed by atoms with van der Waals surface area (Å²) in [7, 11) is 0. The van der Waals surface area contributed by atoms with E-state index in [1.807, 2.05) is 6.07 Å². The molecule has 0 radical (unpaired) electrons. The Labute approximate surface area is 167 Å². The number of esters is 1. The van der Waals surface area contributed by atoms with Gasteiger partial charge in [-0.05, 0) is 25.8 Å². The smallest absolute Gasteiger partial charge is 0.326 e. The molecule has 1 aromatic carbocycles. The highest BCUT2D eigenvalue weighted by Crippen LogP contribution is 2.55. The Morgan fingerprint density at radius 3 is 2.83 bits per heavy atom. The first-order valence-electron chi connectivity index (χ1n) is 9.38. The van der Waals surface area contributed by atoms with Gasteiger partial charge in [0.1, 0.15) is 29.4 Å². The molecule has 1 unspecified atom stereocenters. The van der Waals surface area contributed by atoms with Crippen molar-refractivity contribution in [3.8, 4) is 11.8 Å². The van der Waals surface area contributed by atoms with Crippen LogP contribution >= 0.6 is 0 Å². The van der Waals surface area contributed by atoms with Crippen molar-refractivity contribution in [2.45, 2.75) is 31.6 Å². The third-order valence-electron chi connectivity index (χ3n) is 5.49. The molecule has 148 valence electrons. The highest BCUT2D eigenvalue weighted by molar-refractivity contribution is 6.15. The van der Waals surface area contributed by atoms with Crippen LogP contribution in [-0.2, 0) is 24.5 Å². The second-order valence-corrected chi connectivity index (χ2v) is 6.99. The minimum atomic E-state index is -1.70. The molecule has 2 N–H and O–H groups in total. The number of amides is 1. The lowest BCUT2D eigenvalue weighted by Crippen LogP contribution is -2.47. The highest BCUT2D eigenvalue weighted by atomic mass is 16.5. The average molecular weight is 393 g/mol. The Hall–Kier alpha value is -3.60. The minimum absolute atomic E-state index is 0.129. The average Bonchev–Trinajstić information content (AvgIpc) is 2.93. The molecule has 8 heteroatoms. The second kappa shape index (κ2) is 6.78. The summed E-state index contributed by atoms with van der Waals surface area (Å²) in [5.41, 5.74) is 5.24. The molecular formula is C21H19N3O5. The lowest BCUT2D eigenvalue weighted by molar-refractivity contribution is -0.148. The van der Waals surface area contributed by atoms with Gasteiger partial charge in [0.15, 0.2) is 5.78 Å². The van der Waals surface area contributed by atoms with Gasteiger partial charge in [0, 0.05) is 23.3 Å². The molecule has 0 fully saturated rings. The Morgan fingerprint density at radius 1 is 1.34 bits per heavy atom. The number of ether oxygens (including phenoxy) is 2. The molecule has 8 nitrogen and oxygen atoms in total. The van der Waals surface area contributed by atoms with Crippen LogP contribution in [0.15, 0.2) is 47.0 Å². The van der Waals surface area contributed by atoms with Crippen LogP contribution in [0.25, 0.3) is 0 Å². The van der Waals surface area contributed by atoms with Crippen molar-refractivity contribution in [3.63, 3.8) is 0 Å². The van der Waals surface area contributed by atoms with Crippen LogP contribution in [0.2, 0.25) is 0 Å². The predicted octanol–water partition coefficient (Wildman–Crippen LogP) is 1.42. The summed E-state index contributed by atoms with van der Waals surface area (Å²) < 4.78 is 10.6. The zero-order valence-electron chi connectivity index (χ0n) is 15.9. The minimum Gasteiger partial charge on any atom is -0.465 e. The first kappa shape index (κ1) is 18.7. The summed E-state index contributed by atoms with van der Waals surface area (Å²) in [6, 6.07) is 8.69. The van der Waals surface area contributed by atoms with Crippen LogP contribution in [0.3, 0.4) is 0 Å². The van der Waals surface area contributed by atoms with Gasteiger partial charge < -0.3 is 20.1 Å². The number of fused-ring (bicyclic) bond motifs is 3. The molecule has 4 rings (SSSR count). The number of Topliss-reactive ketones (excluding diaryl/α,β-unsaturated/α-hetero) is 1. The summed E-state index contributed by atoms with van der Waals surface area (Å²) >= 11 is 0. The van der Waals surface area contributed by atoms with E-state index in [0.717, 1.165) is 0 Å². The molecule has 0 saturated heterocycles. The molecule has 2 heterocycles. The first-order chi connectivity index (χ1) is 14.0. The quantitative estimate of drug-likeness (QED) is 0.771. The summed E-state index contributed by atoms with van der Waals surface area (Å²) in [4.78, 5) is 40.4. The van der Waals surface area contributed by atoms with Crippen LogP contribution in [0.5, 0.6) is 5.75 Å². The summed E-state index contributed by atoms with van der Waals surface area (Å²) in [6.45, 7) is 1.51. The highest BCUT2D eigenvalue weighted by Gasteiger charge is 2.62. The van der Waals surface area contributed by atoms with Gasteiger partial charge in [-0.1, -0.05) is 18.2 Å². The van der Waals surface area contributed by atoms with Crippen molar-refractivity contribution in [2.24, 2.45) is 5.73 Å². The lowest BCUT2D eigenvalue weighted by Gasteiger charge is -2.35. The number of benzene rings is 1. The Kier molecular flexibility index (Phi) is 4.38. The fraction of sp³-hybridized carbons (Fsp3) is 0.333. The van der Waals surface area contributed by atoms with Crippen LogP contribution in [0.1, 0.15) is 31.7 Å². The van der Waals surface area contributed by atoms with Crippen LogP contribution in [0, 0.1) is 11.3 Å². The van der Waals surface area contributed by atoms with E-state index in [2.05, 4.69) is 0 Å². The largest absolute Gasteiger partial charge is 0.465 e. The Bertz CT molecular complexity index is 1050. The fourth-order valence-corrected chi connectivity index (χ4v) is 4.43. The number of nitrogens with zero attached hydrogens (tertiary/aromatic N) is 2. The topological polar surface area (TPSA) is 123 Å². The first-order valence-corrected chi connectivity index (χ1v) is 9.38. The number of allylic oxidation sites excluding steroid dienone is 1. The molecule has 1 aromatic rings. The normalized spacial score (nSPS) is 23.0. The van der Waals surface area contributed by atoms with Crippen LogP contribution in [-0.4, -0.2) is 35.7 Å². The van der Waals surface area contributed by atoms with E-state index < -0.39 is 17.3 Å². The maximum absolute atomic E-state index is 13.8. The van der Waals surface area contributed by atoms with Crippen molar-refractivity contribution >= 4 is 17.7 Å². The van der Waals surface area contributed by atoms with E-state index in [1.54, 1.807) is 31.2 Å². The fourth-order valence-electron chi connectivity index (χ4n) is 4.43. The third kappa shape index (κ3) is 2.47. The molecule has 29 heavy (non-hydrogen) atoms. The monoisotopic (exact) mass is 393 g/mol. The Morgan fingerprint density at radius 2 is 2.10 bits per heavy atom. The van der Waals surface area contributed by atoms with Crippen LogP contribution in [0.4, 0.5) is 0 Å². The number of carbonyl (C=O) groups excluding carboxylic acids is 3. The standard InChI is InChI=1S/C21H19N3O5/c1-2-28-17(26)11-24-14-7-5-8-15(25)18(14)21(20(24)27)12-6-3-4-9-16(12)29-19(23)13(21)10-22/h3-4,6,9H,2,5,7-8,11,23H2,1H3. The van der Waals surface area contributed by atoms with E-state index in [1.165, 1.54) is 4.90 Å². The third-order valence-corrected chi connectivity index (χ3v) is 5.49. The number of hydrogen-bond acceptors (Lipinski definition) is 7. The molecule has 1 aliphatic carbocycles. The van der Waals surface area contributed by atoms with E-state index in [-0.39, 0.29) is 42.4 Å². The van der Waals surface area contributed by atoms with Crippen molar-refractivity contribution in [1.82, 2.24) is 4.90 Å². The molecule has 0 aromatic heterocycles. The molecular weight excluding hydrogens is 374 g/mol. The number of ketones is 1. The SMILES string of the molecule is CCOC(=O)CN1C(=O)C2(C(C#N)=C(N)Oc3ccccc32)C2=C1CCCC2=O. The zero-order valence-corrected chi connectivity index (χ0v) is 15.9. The second-order valence-electron chi connectivity index (χ2n) is 6.99. The number of rotatable bonds is 3. The number of hydrogen-bond donors (Lipinski definition) is 1. The number of nitrogens with two attached hydrogens (primary N) is 1. The van der Waals surface area contributed by atoms with E-state index in [0.29, 0.717) is 29.9 Å². The number of para-hydroxylation sites is 1. The van der Waals surface area contributed by atoms with Gasteiger partial charge in [-0.3, -0.25) is 14.4 Å². The van der Waals surface area contributed by atoms with Crippen LogP contribution < -0.4 is 10.5 Å². The molecule has 0 bridgehead atoms. The molecule has 0 saturated carbocycles. The van der Waals surface area contributed by atoms with Gasteiger partial charge in [-0.2, -0.15) is 5.26 Å². The van der Waals surface area contributed by atoms with Crippen molar-refractivity contribution in [2.75, 3.05) is 13.2 Å². The Balaban J connectivity index is 2.00.